The molecule has 0 saturated heterocycles. The molecule has 6 nitrogen and oxygen atoms in total. The molecule has 0 aliphatic carbocycles. The van der Waals surface area contributed by atoms with Crippen LogP contribution >= 0.6 is 0 Å². The molecular formula is C24H17N3O3. The third-order valence-corrected chi connectivity index (χ3v) is 4.67. The summed E-state index contributed by atoms with van der Waals surface area (Å²) >= 11 is 0. The highest BCUT2D eigenvalue weighted by molar-refractivity contribution is 5.98. The van der Waals surface area contributed by atoms with Crippen LogP contribution in [0.3, 0.4) is 0 Å². The number of hydrogen-bond acceptors (Lipinski definition) is 6. The van der Waals surface area contributed by atoms with E-state index in [1.165, 1.54) is 0 Å². The number of ether oxygens (including phenoxy) is 1. The molecule has 0 aliphatic heterocycles. The molecule has 4 aromatic rings. The number of aryl methyl sites for hydroxylation is 1. The molecule has 146 valence electrons. The SMILES string of the molecule is Cc1ccccc1-c1noc(COC(=O)c2ccccc2-c2ccccc2C#N)n1. The van der Waals surface area contributed by atoms with Crippen LogP contribution in [0.5, 0.6) is 0 Å². The highest BCUT2D eigenvalue weighted by Crippen LogP contribution is 2.27. The average Bonchev–Trinajstić information content (AvgIpc) is 3.26. The summed E-state index contributed by atoms with van der Waals surface area (Å²) in [6, 6.07) is 24.0. The van der Waals surface area contributed by atoms with E-state index in [1.807, 2.05) is 43.3 Å². The minimum Gasteiger partial charge on any atom is -0.452 e. The number of carbonyl (C=O) groups is 1. The van der Waals surface area contributed by atoms with E-state index in [1.54, 1.807) is 36.4 Å². The second-order valence-corrected chi connectivity index (χ2v) is 6.61. The molecule has 0 radical (unpaired) electrons. The Hall–Kier alpha value is -4.24. The largest absolute Gasteiger partial charge is 0.452 e. The number of rotatable bonds is 5. The Balaban J connectivity index is 1.54. The molecule has 30 heavy (non-hydrogen) atoms. The fourth-order valence-corrected chi connectivity index (χ4v) is 3.16. The van der Waals surface area contributed by atoms with Crippen molar-refractivity contribution in [2.45, 2.75) is 13.5 Å². The van der Waals surface area contributed by atoms with Gasteiger partial charge in [0.25, 0.3) is 5.89 Å². The van der Waals surface area contributed by atoms with Crippen LogP contribution in [-0.2, 0) is 11.3 Å². The van der Waals surface area contributed by atoms with Crippen LogP contribution in [0, 0.1) is 18.3 Å². The van der Waals surface area contributed by atoms with Gasteiger partial charge >= 0.3 is 5.97 Å². The van der Waals surface area contributed by atoms with Crippen molar-refractivity contribution in [3.63, 3.8) is 0 Å². The molecule has 0 N–H and O–H groups in total. The van der Waals surface area contributed by atoms with E-state index in [0.29, 0.717) is 28.1 Å². The highest BCUT2D eigenvalue weighted by Gasteiger charge is 2.18. The number of aromatic nitrogens is 2. The highest BCUT2D eigenvalue weighted by atomic mass is 16.6. The van der Waals surface area contributed by atoms with E-state index in [9.17, 15) is 10.1 Å². The lowest BCUT2D eigenvalue weighted by Crippen LogP contribution is -2.07. The van der Waals surface area contributed by atoms with E-state index in [-0.39, 0.29) is 12.5 Å². The Morgan fingerprint density at radius 1 is 0.967 bits per heavy atom. The van der Waals surface area contributed by atoms with Crippen LogP contribution in [0.15, 0.2) is 77.3 Å². The zero-order valence-electron chi connectivity index (χ0n) is 16.2. The fraction of sp³-hybridized carbons (Fsp3) is 0.0833. The van der Waals surface area contributed by atoms with Gasteiger partial charge in [-0.05, 0) is 30.2 Å². The van der Waals surface area contributed by atoms with Crippen molar-refractivity contribution in [1.82, 2.24) is 10.1 Å². The number of hydrogen-bond donors (Lipinski definition) is 0. The van der Waals surface area contributed by atoms with Crippen molar-refractivity contribution in [3.05, 3.63) is 95.4 Å². The van der Waals surface area contributed by atoms with Gasteiger partial charge in [-0.1, -0.05) is 65.8 Å². The zero-order valence-corrected chi connectivity index (χ0v) is 16.2. The third kappa shape index (κ3) is 3.82. The summed E-state index contributed by atoms with van der Waals surface area (Å²) in [5, 5.41) is 13.4. The maximum atomic E-state index is 12.7. The third-order valence-electron chi connectivity index (χ3n) is 4.67. The smallest absolute Gasteiger partial charge is 0.339 e. The first-order valence-electron chi connectivity index (χ1n) is 9.31. The summed E-state index contributed by atoms with van der Waals surface area (Å²) in [6.07, 6.45) is 0. The summed E-state index contributed by atoms with van der Waals surface area (Å²) in [5.74, 6) is 0.119. The van der Waals surface area contributed by atoms with Gasteiger partial charge in [0.1, 0.15) is 0 Å². The molecule has 6 heteroatoms. The predicted octanol–water partition coefficient (Wildman–Crippen LogP) is 4.94. The van der Waals surface area contributed by atoms with Crippen molar-refractivity contribution in [1.29, 1.82) is 5.26 Å². The molecule has 0 spiro atoms. The first kappa shape index (κ1) is 19.1. The van der Waals surface area contributed by atoms with Gasteiger partial charge in [0.2, 0.25) is 5.82 Å². The van der Waals surface area contributed by atoms with Gasteiger partial charge in [-0.25, -0.2) is 4.79 Å². The van der Waals surface area contributed by atoms with E-state index in [4.69, 9.17) is 9.26 Å². The van der Waals surface area contributed by atoms with E-state index in [2.05, 4.69) is 16.2 Å². The quantitative estimate of drug-likeness (QED) is 0.445. The maximum absolute atomic E-state index is 12.7. The summed E-state index contributed by atoms with van der Waals surface area (Å²) in [7, 11) is 0. The molecule has 0 fully saturated rings. The van der Waals surface area contributed by atoms with Crippen LogP contribution in [0.1, 0.15) is 27.4 Å². The second-order valence-electron chi connectivity index (χ2n) is 6.61. The standard InChI is InChI=1S/C24H17N3O3/c1-16-8-2-4-10-18(16)23-26-22(30-27-23)15-29-24(28)21-13-7-6-12-20(21)19-11-5-3-9-17(19)14-25/h2-13H,15H2,1H3. The van der Waals surface area contributed by atoms with Crippen LogP contribution in [0.4, 0.5) is 0 Å². The number of carbonyl (C=O) groups excluding carboxylic acids is 1. The van der Waals surface area contributed by atoms with Gasteiger partial charge in [-0.3, -0.25) is 0 Å². The molecule has 0 bridgehead atoms. The van der Waals surface area contributed by atoms with Gasteiger partial charge in [-0.2, -0.15) is 10.2 Å². The van der Waals surface area contributed by atoms with Gasteiger partial charge in [0.15, 0.2) is 6.61 Å². The predicted molar refractivity (Wildman–Crippen MR) is 110 cm³/mol. The molecule has 3 aromatic carbocycles. The molecule has 0 aliphatic rings. The second kappa shape index (κ2) is 8.41. The molecule has 1 heterocycles. The molecule has 0 atom stereocenters. The molecule has 0 saturated carbocycles. The Labute approximate surface area is 173 Å². The Kier molecular flexibility index (Phi) is 5.35. The zero-order chi connectivity index (χ0) is 20.9. The van der Waals surface area contributed by atoms with Crippen LogP contribution < -0.4 is 0 Å². The minimum atomic E-state index is -0.533. The molecule has 4 rings (SSSR count). The van der Waals surface area contributed by atoms with E-state index < -0.39 is 5.97 Å². The maximum Gasteiger partial charge on any atom is 0.339 e. The van der Waals surface area contributed by atoms with Crippen molar-refractivity contribution in [2.75, 3.05) is 0 Å². The summed E-state index contributed by atoms with van der Waals surface area (Å²) in [6.45, 7) is 1.81. The number of esters is 1. The van der Waals surface area contributed by atoms with Crippen LogP contribution in [0.2, 0.25) is 0 Å². The lowest BCUT2D eigenvalue weighted by molar-refractivity contribution is 0.0430. The molecule has 0 unspecified atom stereocenters. The number of benzene rings is 3. The Bertz CT molecular complexity index is 1250. The van der Waals surface area contributed by atoms with E-state index in [0.717, 1.165) is 11.1 Å². The Morgan fingerprint density at radius 3 is 2.40 bits per heavy atom. The van der Waals surface area contributed by atoms with Gasteiger partial charge in [0.05, 0.1) is 17.2 Å². The monoisotopic (exact) mass is 395 g/mol. The molecule has 1 aromatic heterocycles. The molecular weight excluding hydrogens is 378 g/mol. The average molecular weight is 395 g/mol. The van der Waals surface area contributed by atoms with Gasteiger partial charge in [0, 0.05) is 11.1 Å². The lowest BCUT2D eigenvalue weighted by atomic mass is 9.96. The van der Waals surface area contributed by atoms with Crippen molar-refractivity contribution < 1.29 is 14.1 Å². The molecule has 0 amide bonds. The minimum absolute atomic E-state index is 0.147. The van der Waals surface area contributed by atoms with Crippen molar-refractivity contribution in [2.24, 2.45) is 0 Å². The van der Waals surface area contributed by atoms with Gasteiger partial charge < -0.3 is 9.26 Å². The normalized spacial score (nSPS) is 10.4. The summed E-state index contributed by atoms with van der Waals surface area (Å²) in [4.78, 5) is 17.1. The van der Waals surface area contributed by atoms with Crippen molar-refractivity contribution >= 4 is 5.97 Å². The van der Waals surface area contributed by atoms with Gasteiger partial charge in [-0.15, -0.1) is 0 Å². The lowest BCUT2D eigenvalue weighted by Gasteiger charge is -2.10. The topological polar surface area (TPSA) is 89.0 Å². The van der Waals surface area contributed by atoms with Crippen LogP contribution in [-0.4, -0.2) is 16.1 Å². The first-order valence-corrected chi connectivity index (χ1v) is 9.31. The Morgan fingerprint density at radius 2 is 1.63 bits per heavy atom. The number of nitrogens with zero attached hydrogens (tertiary/aromatic N) is 3. The first-order chi connectivity index (χ1) is 14.7. The summed E-state index contributed by atoms with van der Waals surface area (Å²) in [5.41, 5.74) is 4.03. The number of nitriles is 1. The summed E-state index contributed by atoms with van der Waals surface area (Å²) < 4.78 is 10.6. The van der Waals surface area contributed by atoms with Crippen molar-refractivity contribution in [3.8, 4) is 28.6 Å². The van der Waals surface area contributed by atoms with Crippen LogP contribution in [0.25, 0.3) is 22.5 Å². The fourth-order valence-electron chi connectivity index (χ4n) is 3.16. The van der Waals surface area contributed by atoms with E-state index >= 15 is 0 Å².